The molecule has 2 amide bonds. The fourth-order valence-electron chi connectivity index (χ4n) is 3.05. The van der Waals surface area contributed by atoms with Gasteiger partial charge in [-0.05, 0) is 55.2 Å². The molecule has 0 aliphatic heterocycles. The number of nitrogens with one attached hydrogen (secondary N) is 2. The van der Waals surface area contributed by atoms with Crippen LogP contribution in [0.3, 0.4) is 0 Å². The molecule has 0 radical (unpaired) electrons. The number of rotatable bonds is 4. The fraction of sp³-hybridized carbons (Fsp3) is 0.368. The normalized spacial score (nSPS) is 20.4. The maximum atomic E-state index is 12.6. The summed E-state index contributed by atoms with van der Waals surface area (Å²) in [5, 5.41) is 7.82. The van der Waals surface area contributed by atoms with E-state index in [2.05, 4.69) is 17.6 Å². The molecule has 1 saturated carbocycles. The van der Waals surface area contributed by atoms with E-state index in [1.54, 1.807) is 18.2 Å². The van der Waals surface area contributed by atoms with Gasteiger partial charge in [0.05, 0.1) is 16.1 Å². The van der Waals surface area contributed by atoms with Crippen molar-refractivity contribution in [1.29, 1.82) is 0 Å². The Morgan fingerprint density at radius 3 is 2.46 bits per heavy atom. The van der Waals surface area contributed by atoms with Gasteiger partial charge in [0.15, 0.2) is 0 Å². The van der Waals surface area contributed by atoms with Crippen LogP contribution < -0.4 is 10.6 Å². The monoisotopic (exact) mass is 342 g/mol. The van der Waals surface area contributed by atoms with Crippen molar-refractivity contribution >= 4 is 28.8 Å². The molecule has 5 heteroatoms. The Kier molecular flexibility index (Phi) is 5.30. The van der Waals surface area contributed by atoms with Gasteiger partial charge in [-0.15, -0.1) is 11.3 Å². The molecule has 0 spiro atoms. The smallest absolute Gasteiger partial charge is 0.265 e. The van der Waals surface area contributed by atoms with Gasteiger partial charge in [0, 0.05) is 6.04 Å². The van der Waals surface area contributed by atoms with Crippen LogP contribution in [0.25, 0.3) is 0 Å². The van der Waals surface area contributed by atoms with E-state index in [4.69, 9.17) is 0 Å². The van der Waals surface area contributed by atoms with E-state index in [1.807, 2.05) is 23.6 Å². The van der Waals surface area contributed by atoms with Crippen molar-refractivity contribution in [3.8, 4) is 0 Å². The summed E-state index contributed by atoms with van der Waals surface area (Å²) in [5.74, 6) is 0.448. The fourth-order valence-corrected chi connectivity index (χ4v) is 3.67. The number of amides is 2. The third-order valence-electron chi connectivity index (χ3n) is 4.52. The Hall–Kier alpha value is -2.14. The van der Waals surface area contributed by atoms with Gasteiger partial charge in [0.1, 0.15) is 0 Å². The Labute approximate surface area is 146 Å². The van der Waals surface area contributed by atoms with Crippen molar-refractivity contribution in [2.75, 3.05) is 5.32 Å². The molecule has 1 heterocycles. The number of anilines is 1. The molecule has 2 aromatic rings. The molecule has 0 unspecified atom stereocenters. The molecule has 1 aromatic heterocycles. The summed E-state index contributed by atoms with van der Waals surface area (Å²) in [6.45, 7) is 2.26. The van der Waals surface area contributed by atoms with E-state index in [1.165, 1.54) is 11.3 Å². The van der Waals surface area contributed by atoms with E-state index >= 15 is 0 Å². The molecule has 24 heavy (non-hydrogen) atoms. The number of hydrogen-bond acceptors (Lipinski definition) is 3. The van der Waals surface area contributed by atoms with E-state index in [0.717, 1.165) is 31.6 Å². The van der Waals surface area contributed by atoms with Crippen LogP contribution in [0, 0.1) is 5.92 Å². The van der Waals surface area contributed by atoms with Gasteiger partial charge in [0.25, 0.3) is 11.8 Å². The van der Waals surface area contributed by atoms with Gasteiger partial charge >= 0.3 is 0 Å². The lowest BCUT2D eigenvalue weighted by Crippen LogP contribution is -2.37. The highest BCUT2D eigenvalue weighted by Crippen LogP contribution is 2.24. The van der Waals surface area contributed by atoms with Crippen molar-refractivity contribution in [2.24, 2.45) is 5.92 Å². The minimum Gasteiger partial charge on any atom is -0.349 e. The highest BCUT2D eigenvalue weighted by molar-refractivity contribution is 7.12. The zero-order valence-electron chi connectivity index (χ0n) is 13.7. The Bertz CT molecular complexity index is 704. The Morgan fingerprint density at radius 1 is 1.00 bits per heavy atom. The molecule has 126 valence electrons. The van der Waals surface area contributed by atoms with Crippen LogP contribution in [0.1, 0.15) is 52.6 Å². The number of thiophene rings is 1. The quantitative estimate of drug-likeness (QED) is 0.870. The lowest BCUT2D eigenvalue weighted by Gasteiger charge is -2.27. The third kappa shape index (κ3) is 4.03. The molecule has 0 atom stereocenters. The summed E-state index contributed by atoms with van der Waals surface area (Å²) < 4.78 is 0. The van der Waals surface area contributed by atoms with Crippen molar-refractivity contribution in [1.82, 2.24) is 5.32 Å². The zero-order valence-corrected chi connectivity index (χ0v) is 14.6. The first-order valence-corrected chi connectivity index (χ1v) is 9.26. The van der Waals surface area contributed by atoms with E-state index in [9.17, 15) is 9.59 Å². The first-order valence-electron chi connectivity index (χ1n) is 8.38. The number of benzene rings is 1. The first kappa shape index (κ1) is 16.7. The van der Waals surface area contributed by atoms with Gasteiger partial charge in [-0.2, -0.15) is 0 Å². The maximum Gasteiger partial charge on any atom is 0.265 e. The lowest BCUT2D eigenvalue weighted by molar-refractivity contribution is 0.0924. The largest absolute Gasteiger partial charge is 0.349 e. The van der Waals surface area contributed by atoms with E-state index in [0.29, 0.717) is 16.1 Å². The molecule has 1 aliphatic rings. The molecule has 1 aliphatic carbocycles. The molecular formula is C19H22N2O2S. The lowest BCUT2D eigenvalue weighted by atomic mass is 9.87. The van der Waals surface area contributed by atoms with Crippen molar-refractivity contribution in [3.05, 3.63) is 52.2 Å². The van der Waals surface area contributed by atoms with E-state index in [-0.39, 0.29) is 17.9 Å². The van der Waals surface area contributed by atoms with Crippen LogP contribution in [0.15, 0.2) is 41.8 Å². The second kappa shape index (κ2) is 7.62. The molecule has 4 nitrogen and oxygen atoms in total. The van der Waals surface area contributed by atoms with Crippen LogP contribution >= 0.6 is 11.3 Å². The predicted molar refractivity (Wildman–Crippen MR) is 97.6 cm³/mol. The summed E-state index contributed by atoms with van der Waals surface area (Å²) in [6.07, 6.45) is 4.36. The predicted octanol–water partition coefficient (Wildman–Crippen LogP) is 4.31. The summed E-state index contributed by atoms with van der Waals surface area (Å²) in [6, 6.07) is 11.0. The van der Waals surface area contributed by atoms with Crippen LogP contribution in [0.4, 0.5) is 5.69 Å². The highest BCUT2D eigenvalue weighted by Gasteiger charge is 2.21. The number of para-hydroxylation sites is 1. The number of carbonyl (C=O) groups excluding carboxylic acids is 2. The maximum absolute atomic E-state index is 12.6. The van der Waals surface area contributed by atoms with Gasteiger partial charge in [-0.25, -0.2) is 0 Å². The van der Waals surface area contributed by atoms with Crippen LogP contribution in [-0.4, -0.2) is 17.9 Å². The Morgan fingerprint density at radius 2 is 1.75 bits per heavy atom. The number of carbonyl (C=O) groups is 2. The second-order valence-electron chi connectivity index (χ2n) is 6.41. The molecule has 3 rings (SSSR count). The van der Waals surface area contributed by atoms with Gasteiger partial charge in [-0.1, -0.05) is 25.1 Å². The SMILES string of the molecule is CC1CCC(NC(=O)c2ccccc2NC(=O)c2cccs2)CC1. The Balaban J connectivity index is 1.69. The molecule has 0 bridgehead atoms. The standard InChI is InChI=1S/C19H22N2O2S/c1-13-8-10-14(11-9-13)20-18(22)15-5-2-3-6-16(15)21-19(23)17-7-4-12-24-17/h2-7,12-14H,8-11H2,1H3,(H,20,22)(H,21,23). The first-order chi connectivity index (χ1) is 11.6. The van der Waals surface area contributed by atoms with Crippen molar-refractivity contribution < 1.29 is 9.59 Å². The average Bonchev–Trinajstić information content (AvgIpc) is 3.12. The second-order valence-corrected chi connectivity index (χ2v) is 7.35. The molecular weight excluding hydrogens is 320 g/mol. The molecule has 1 fully saturated rings. The van der Waals surface area contributed by atoms with Gasteiger partial charge in [-0.3, -0.25) is 9.59 Å². The number of hydrogen-bond donors (Lipinski definition) is 2. The molecule has 0 saturated heterocycles. The molecule has 2 N–H and O–H groups in total. The zero-order chi connectivity index (χ0) is 16.9. The third-order valence-corrected chi connectivity index (χ3v) is 5.38. The van der Waals surface area contributed by atoms with Gasteiger partial charge in [0.2, 0.25) is 0 Å². The highest BCUT2D eigenvalue weighted by atomic mass is 32.1. The summed E-state index contributed by atoms with van der Waals surface area (Å²) in [7, 11) is 0. The minimum absolute atomic E-state index is 0.114. The summed E-state index contributed by atoms with van der Waals surface area (Å²) >= 11 is 1.38. The molecule has 1 aromatic carbocycles. The van der Waals surface area contributed by atoms with Crippen LogP contribution in [0.5, 0.6) is 0 Å². The van der Waals surface area contributed by atoms with Crippen LogP contribution in [0.2, 0.25) is 0 Å². The minimum atomic E-state index is -0.184. The van der Waals surface area contributed by atoms with Crippen LogP contribution in [-0.2, 0) is 0 Å². The topological polar surface area (TPSA) is 58.2 Å². The average molecular weight is 342 g/mol. The summed E-state index contributed by atoms with van der Waals surface area (Å²) in [4.78, 5) is 25.5. The van der Waals surface area contributed by atoms with Crippen molar-refractivity contribution in [2.45, 2.75) is 38.6 Å². The van der Waals surface area contributed by atoms with E-state index < -0.39 is 0 Å². The van der Waals surface area contributed by atoms with Crippen molar-refractivity contribution in [3.63, 3.8) is 0 Å². The summed E-state index contributed by atoms with van der Waals surface area (Å²) in [5.41, 5.74) is 1.07. The van der Waals surface area contributed by atoms with Gasteiger partial charge < -0.3 is 10.6 Å².